The molecule has 1 aliphatic carbocycles. The number of ether oxygens (including phenoxy) is 1. The van der Waals surface area contributed by atoms with Crippen LogP contribution in [0.15, 0.2) is 24.3 Å². The average Bonchev–Trinajstić information content (AvgIpc) is 3.00. The van der Waals surface area contributed by atoms with Gasteiger partial charge in [0.1, 0.15) is 5.75 Å². The maximum Gasteiger partial charge on any atom is 0.270 e. The van der Waals surface area contributed by atoms with Gasteiger partial charge in [0.15, 0.2) is 5.60 Å². The van der Waals surface area contributed by atoms with E-state index < -0.39 is 5.60 Å². The zero-order valence-electron chi connectivity index (χ0n) is 13.8. The van der Waals surface area contributed by atoms with E-state index in [1.807, 2.05) is 24.3 Å². The van der Waals surface area contributed by atoms with Crippen LogP contribution in [0.3, 0.4) is 0 Å². The van der Waals surface area contributed by atoms with E-state index in [1.165, 1.54) is 12.8 Å². The molecule has 0 bridgehead atoms. The Morgan fingerprint density at radius 3 is 2.74 bits per heavy atom. The molecule has 0 atom stereocenters. The minimum absolute atomic E-state index is 0.0199. The summed E-state index contributed by atoms with van der Waals surface area (Å²) in [6, 6.07) is 7.79. The molecule has 1 fully saturated rings. The predicted molar refractivity (Wildman–Crippen MR) is 88.5 cm³/mol. The van der Waals surface area contributed by atoms with E-state index in [0.29, 0.717) is 24.8 Å². The van der Waals surface area contributed by atoms with Gasteiger partial charge in [-0.3, -0.25) is 9.59 Å². The number of amides is 2. The van der Waals surface area contributed by atoms with Crippen molar-refractivity contribution in [2.75, 3.05) is 11.4 Å². The van der Waals surface area contributed by atoms with Gasteiger partial charge < -0.3 is 15.0 Å². The molecule has 1 aromatic rings. The summed E-state index contributed by atoms with van der Waals surface area (Å²) < 4.78 is 5.78. The van der Waals surface area contributed by atoms with Crippen LogP contribution < -0.4 is 15.0 Å². The van der Waals surface area contributed by atoms with Crippen molar-refractivity contribution < 1.29 is 14.3 Å². The minimum atomic E-state index is -0.906. The number of nitrogens with one attached hydrogen (secondary N) is 1. The number of fused-ring (bicyclic) bond motifs is 1. The molecule has 1 N–H and O–H groups in total. The average molecular weight is 316 g/mol. The Labute approximate surface area is 137 Å². The summed E-state index contributed by atoms with van der Waals surface area (Å²) >= 11 is 0. The van der Waals surface area contributed by atoms with Crippen LogP contribution in [-0.2, 0) is 9.59 Å². The smallest absolute Gasteiger partial charge is 0.270 e. The van der Waals surface area contributed by atoms with Crippen molar-refractivity contribution in [1.29, 1.82) is 0 Å². The molecule has 2 amide bonds. The summed E-state index contributed by atoms with van der Waals surface area (Å²) in [7, 11) is 0. The van der Waals surface area contributed by atoms with Crippen LogP contribution in [0.25, 0.3) is 0 Å². The Morgan fingerprint density at radius 1 is 1.30 bits per heavy atom. The topological polar surface area (TPSA) is 58.6 Å². The monoisotopic (exact) mass is 316 g/mol. The van der Waals surface area contributed by atoms with Crippen molar-refractivity contribution in [2.24, 2.45) is 0 Å². The van der Waals surface area contributed by atoms with Crippen molar-refractivity contribution in [2.45, 2.75) is 57.6 Å². The highest BCUT2D eigenvalue weighted by Gasteiger charge is 2.40. The van der Waals surface area contributed by atoms with Crippen LogP contribution >= 0.6 is 0 Å². The normalized spacial score (nSPS) is 20.1. The van der Waals surface area contributed by atoms with Gasteiger partial charge in [0.05, 0.1) is 5.69 Å². The first-order valence-corrected chi connectivity index (χ1v) is 8.37. The van der Waals surface area contributed by atoms with Gasteiger partial charge in [-0.15, -0.1) is 0 Å². The summed E-state index contributed by atoms with van der Waals surface area (Å²) in [5.41, 5.74) is -0.165. The number of benzene rings is 1. The van der Waals surface area contributed by atoms with E-state index in [1.54, 1.807) is 18.7 Å². The number of carbonyl (C=O) groups excluding carboxylic acids is 2. The lowest BCUT2D eigenvalue weighted by Gasteiger charge is -2.38. The second-order valence-electron chi connectivity index (χ2n) is 6.84. The molecule has 0 saturated heterocycles. The third-order valence-corrected chi connectivity index (χ3v) is 4.56. The summed E-state index contributed by atoms with van der Waals surface area (Å²) in [5, 5.41) is 3.07. The molecule has 1 aliphatic heterocycles. The number of rotatable bonds is 4. The number of para-hydroxylation sites is 2. The van der Waals surface area contributed by atoms with Gasteiger partial charge in [0.2, 0.25) is 5.91 Å². The number of hydrogen-bond donors (Lipinski definition) is 1. The van der Waals surface area contributed by atoms with Crippen molar-refractivity contribution in [3.8, 4) is 5.75 Å². The second-order valence-corrected chi connectivity index (χ2v) is 6.84. The van der Waals surface area contributed by atoms with Crippen molar-refractivity contribution in [1.82, 2.24) is 5.32 Å². The minimum Gasteiger partial charge on any atom is -0.476 e. The molecule has 124 valence electrons. The van der Waals surface area contributed by atoms with Crippen molar-refractivity contribution >= 4 is 17.5 Å². The van der Waals surface area contributed by atoms with E-state index in [2.05, 4.69) is 5.32 Å². The highest BCUT2D eigenvalue weighted by molar-refractivity contribution is 6.02. The number of nitrogens with zero attached hydrogens (tertiary/aromatic N) is 1. The third-order valence-electron chi connectivity index (χ3n) is 4.56. The van der Waals surface area contributed by atoms with Crippen LogP contribution in [0.2, 0.25) is 0 Å². The summed E-state index contributed by atoms with van der Waals surface area (Å²) in [6.45, 7) is 3.90. The van der Waals surface area contributed by atoms with E-state index >= 15 is 0 Å². The Hall–Kier alpha value is -2.04. The first-order chi connectivity index (χ1) is 11.0. The lowest BCUT2D eigenvalue weighted by atomic mass is 10.0. The highest BCUT2D eigenvalue weighted by atomic mass is 16.5. The fourth-order valence-corrected chi connectivity index (χ4v) is 3.32. The molecule has 0 aromatic heterocycles. The molecule has 1 aromatic carbocycles. The quantitative estimate of drug-likeness (QED) is 0.929. The van der Waals surface area contributed by atoms with Crippen molar-refractivity contribution in [3.05, 3.63) is 24.3 Å². The number of hydrogen-bond acceptors (Lipinski definition) is 3. The van der Waals surface area contributed by atoms with Gasteiger partial charge in [-0.05, 0) is 38.8 Å². The Bertz CT molecular complexity index is 606. The molecule has 3 rings (SSSR count). The SMILES string of the molecule is CC1(C)Oc2ccccc2N(CCC(=O)NC2CCCC2)C1=O. The van der Waals surface area contributed by atoms with Gasteiger partial charge in [-0.2, -0.15) is 0 Å². The van der Waals surface area contributed by atoms with Gasteiger partial charge in [0.25, 0.3) is 5.91 Å². The zero-order valence-corrected chi connectivity index (χ0v) is 13.8. The first-order valence-electron chi connectivity index (χ1n) is 8.37. The molecule has 5 heteroatoms. The third kappa shape index (κ3) is 3.33. The van der Waals surface area contributed by atoms with Crippen LogP contribution in [-0.4, -0.2) is 30.0 Å². The lowest BCUT2D eigenvalue weighted by molar-refractivity contribution is -0.132. The summed E-state index contributed by atoms with van der Waals surface area (Å²) in [5.74, 6) is 0.602. The van der Waals surface area contributed by atoms with Gasteiger partial charge in [-0.25, -0.2) is 0 Å². The first kappa shape index (κ1) is 15.8. The lowest BCUT2D eigenvalue weighted by Crippen LogP contribution is -2.53. The van der Waals surface area contributed by atoms with E-state index in [4.69, 9.17) is 4.74 Å². The largest absolute Gasteiger partial charge is 0.476 e. The van der Waals surface area contributed by atoms with Crippen molar-refractivity contribution in [3.63, 3.8) is 0 Å². The Kier molecular flexibility index (Phi) is 4.28. The summed E-state index contributed by atoms with van der Waals surface area (Å²) in [4.78, 5) is 26.5. The van der Waals surface area contributed by atoms with E-state index in [-0.39, 0.29) is 11.8 Å². The maximum atomic E-state index is 12.6. The molecular weight excluding hydrogens is 292 g/mol. The van der Waals surface area contributed by atoms with Gasteiger partial charge in [-0.1, -0.05) is 25.0 Å². The number of anilines is 1. The fourth-order valence-electron chi connectivity index (χ4n) is 3.32. The molecule has 0 unspecified atom stereocenters. The van der Waals surface area contributed by atoms with E-state index in [0.717, 1.165) is 18.5 Å². The highest BCUT2D eigenvalue weighted by Crippen LogP contribution is 2.37. The van der Waals surface area contributed by atoms with Gasteiger partial charge in [0, 0.05) is 19.0 Å². The van der Waals surface area contributed by atoms with Crippen LogP contribution in [0.4, 0.5) is 5.69 Å². The van der Waals surface area contributed by atoms with Crippen LogP contribution in [0, 0.1) is 0 Å². The molecule has 5 nitrogen and oxygen atoms in total. The molecule has 0 spiro atoms. The van der Waals surface area contributed by atoms with Crippen LogP contribution in [0.1, 0.15) is 46.0 Å². The molecule has 23 heavy (non-hydrogen) atoms. The van der Waals surface area contributed by atoms with E-state index in [9.17, 15) is 9.59 Å². The molecule has 2 aliphatic rings. The second kappa shape index (κ2) is 6.22. The van der Waals surface area contributed by atoms with Crippen LogP contribution in [0.5, 0.6) is 5.75 Å². The Balaban J connectivity index is 1.68. The molecule has 0 radical (unpaired) electrons. The molecule has 1 saturated carbocycles. The predicted octanol–water partition coefficient (Wildman–Crippen LogP) is 2.64. The number of carbonyl (C=O) groups is 2. The maximum absolute atomic E-state index is 12.6. The zero-order chi connectivity index (χ0) is 16.4. The van der Waals surface area contributed by atoms with Gasteiger partial charge >= 0.3 is 0 Å². The summed E-state index contributed by atoms with van der Waals surface area (Å²) in [6.07, 6.45) is 4.83. The standard InChI is InChI=1S/C18H24N2O3/c1-18(2)17(22)20(14-9-5-6-10-15(14)23-18)12-11-16(21)19-13-7-3-4-8-13/h5-6,9-10,13H,3-4,7-8,11-12H2,1-2H3,(H,19,21). The molecular formula is C18H24N2O3. The Morgan fingerprint density at radius 2 is 2.00 bits per heavy atom. The fraction of sp³-hybridized carbons (Fsp3) is 0.556. The molecule has 1 heterocycles.